The van der Waals surface area contributed by atoms with E-state index in [2.05, 4.69) is 20.5 Å². The van der Waals surface area contributed by atoms with Crippen LogP contribution in [0.15, 0.2) is 59.2 Å². The summed E-state index contributed by atoms with van der Waals surface area (Å²) in [6.45, 7) is -0.0147. The van der Waals surface area contributed by atoms with E-state index < -0.39 is 11.9 Å². The second-order valence-corrected chi connectivity index (χ2v) is 7.30. The Morgan fingerprint density at radius 1 is 1.23 bits per heavy atom. The standard InChI is InChI=1S/C22H19N5O4/c1-27-16-10-14-7-8-30-17(14)11-18(16)31-12-15(22(27)29)23-21(28)20-24-19(25-26-20)9-13-5-3-2-4-6-13/h2-8,10-11,15H,9,12H2,1H3,(H,23,28)(H,24,25,26). The van der Waals surface area contributed by atoms with Gasteiger partial charge in [0.1, 0.15) is 29.8 Å². The van der Waals surface area contributed by atoms with Crippen molar-refractivity contribution in [2.45, 2.75) is 12.5 Å². The molecule has 2 aromatic carbocycles. The molecular weight excluding hydrogens is 398 g/mol. The quantitative estimate of drug-likeness (QED) is 0.527. The molecule has 1 aliphatic heterocycles. The number of nitrogens with one attached hydrogen (secondary N) is 2. The molecule has 4 aromatic rings. The van der Waals surface area contributed by atoms with Gasteiger partial charge in [-0.1, -0.05) is 30.3 Å². The van der Waals surface area contributed by atoms with Crippen molar-refractivity contribution < 1.29 is 18.7 Å². The van der Waals surface area contributed by atoms with E-state index in [0.29, 0.717) is 29.3 Å². The number of H-pyrrole nitrogens is 1. The zero-order valence-electron chi connectivity index (χ0n) is 16.7. The predicted molar refractivity (Wildman–Crippen MR) is 112 cm³/mol. The molecule has 5 rings (SSSR count). The van der Waals surface area contributed by atoms with E-state index >= 15 is 0 Å². The number of amides is 2. The first-order valence-electron chi connectivity index (χ1n) is 9.76. The number of furan rings is 1. The Morgan fingerprint density at radius 3 is 2.90 bits per heavy atom. The zero-order chi connectivity index (χ0) is 21.4. The Bertz CT molecular complexity index is 1260. The normalized spacial score (nSPS) is 16.0. The third-order valence-corrected chi connectivity index (χ3v) is 5.20. The monoisotopic (exact) mass is 417 g/mol. The number of aromatic nitrogens is 3. The molecule has 0 bridgehead atoms. The van der Waals surface area contributed by atoms with Crippen LogP contribution in [0, 0.1) is 0 Å². The van der Waals surface area contributed by atoms with Gasteiger partial charge in [-0.2, -0.15) is 0 Å². The molecule has 0 fully saturated rings. The van der Waals surface area contributed by atoms with E-state index in [1.807, 2.05) is 42.5 Å². The number of hydrogen-bond donors (Lipinski definition) is 2. The summed E-state index contributed by atoms with van der Waals surface area (Å²) in [5, 5.41) is 11.5. The van der Waals surface area contributed by atoms with Gasteiger partial charge in [0.15, 0.2) is 0 Å². The Balaban J connectivity index is 1.31. The molecule has 0 radical (unpaired) electrons. The maximum Gasteiger partial charge on any atom is 0.289 e. The van der Waals surface area contributed by atoms with Crippen LogP contribution < -0.4 is 15.0 Å². The first-order valence-corrected chi connectivity index (χ1v) is 9.76. The highest BCUT2D eigenvalue weighted by atomic mass is 16.5. The van der Waals surface area contributed by atoms with Gasteiger partial charge in [0.2, 0.25) is 5.82 Å². The number of anilines is 1. The molecule has 3 heterocycles. The summed E-state index contributed by atoms with van der Waals surface area (Å²) in [5.74, 6) is 0.299. The fraction of sp³-hybridized carbons (Fsp3) is 0.182. The lowest BCUT2D eigenvalue weighted by Crippen LogP contribution is -2.49. The minimum atomic E-state index is -0.876. The number of benzene rings is 2. The molecule has 2 amide bonds. The maximum atomic E-state index is 13.0. The second kappa shape index (κ2) is 7.60. The highest BCUT2D eigenvalue weighted by Crippen LogP contribution is 2.35. The first kappa shape index (κ1) is 18.9. The Labute approximate surface area is 177 Å². The van der Waals surface area contributed by atoms with Crippen LogP contribution in [0.2, 0.25) is 0 Å². The van der Waals surface area contributed by atoms with Crippen LogP contribution in [-0.2, 0) is 11.2 Å². The predicted octanol–water partition coefficient (Wildman–Crippen LogP) is 2.30. The number of likely N-dealkylation sites (N-methyl/N-ethyl adjacent to an activating group) is 1. The Kier molecular flexibility index (Phi) is 4.62. The first-order chi connectivity index (χ1) is 15.1. The smallest absolute Gasteiger partial charge is 0.289 e. The van der Waals surface area contributed by atoms with Crippen molar-refractivity contribution in [2.75, 3.05) is 18.6 Å². The van der Waals surface area contributed by atoms with Gasteiger partial charge in [-0.3, -0.25) is 9.59 Å². The molecule has 0 saturated carbocycles. The van der Waals surface area contributed by atoms with E-state index in [9.17, 15) is 9.59 Å². The number of fused-ring (bicyclic) bond motifs is 2. The number of hydrogen-bond acceptors (Lipinski definition) is 6. The third-order valence-electron chi connectivity index (χ3n) is 5.20. The topological polar surface area (TPSA) is 113 Å². The molecule has 1 aliphatic rings. The highest BCUT2D eigenvalue weighted by Gasteiger charge is 2.32. The van der Waals surface area contributed by atoms with Crippen molar-refractivity contribution >= 4 is 28.5 Å². The van der Waals surface area contributed by atoms with Crippen LogP contribution in [0.4, 0.5) is 5.69 Å². The molecule has 2 N–H and O–H groups in total. The van der Waals surface area contributed by atoms with Crippen LogP contribution in [0.25, 0.3) is 11.0 Å². The number of rotatable bonds is 4. The summed E-state index contributed by atoms with van der Waals surface area (Å²) in [6, 6.07) is 14.2. The van der Waals surface area contributed by atoms with Crippen LogP contribution in [0.3, 0.4) is 0 Å². The average molecular weight is 417 g/mol. The van der Waals surface area contributed by atoms with Gasteiger partial charge < -0.3 is 24.4 Å². The molecule has 156 valence electrons. The molecule has 1 atom stereocenters. The minimum Gasteiger partial charge on any atom is -0.489 e. The summed E-state index contributed by atoms with van der Waals surface area (Å²) in [5.41, 5.74) is 2.32. The minimum absolute atomic E-state index is 0.0147. The molecule has 31 heavy (non-hydrogen) atoms. The zero-order valence-corrected chi connectivity index (χ0v) is 16.7. The molecule has 0 saturated heterocycles. The molecular formula is C22H19N5O4. The number of ether oxygens (including phenoxy) is 1. The average Bonchev–Trinajstić information content (AvgIpc) is 3.42. The van der Waals surface area contributed by atoms with Gasteiger partial charge in [-0.25, -0.2) is 0 Å². The van der Waals surface area contributed by atoms with Gasteiger partial charge in [-0.15, -0.1) is 10.2 Å². The Hall–Kier alpha value is -4.14. The van der Waals surface area contributed by atoms with Gasteiger partial charge in [0.05, 0.1) is 12.0 Å². The van der Waals surface area contributed by atoms with Crippen molar-refractivity contribution in [3.63, 3.8) is 0 Å². The van der Waals surface area contributed by atoms with Crippen molar-refractivity contribution in [3.8, 4) is 5.75 Å². The lowest BCUT2D eigenvalue weighted by molar-refractivity contribution is -0.120. The van der Waals surface area contributed by atoms with Crippen molar-refractivity contribution in [1.82, 2.24) is 20.5 Å². The third kappa shape index (κ3) is 3.61. The lowest BCUT2D eigenvalue weighted by atomic mass is 10.1. The Morgan fingerprint density at radius 2 is 2.06 bits per heavy atom. The molecule has 1 unspecified atom stereocenters. The fourth-order valence-electron chi connectivity index (χ4n) is 3.55. The molecule has 2 aromatic heterocycles. The van der Waals surface area contributed by atoms with Crippen LogP contribution in [0.1, 0.15) is 22.0 Å². The molecule has 9 heteroatoms. The van der Waals surface area contributed by atoms with Crippen molar-refractivity contribution in [3.05, 3.63) is 72.0 Å². The number of carbonyl (C=O) groups is 2. The number of carbonyl (C=O) groups excluding carboxylic acids is 2. The summed E-state index contributed by atoms with van der Waals surface area (Å²) in [4.78, 5) is 30.0. The molecule has 0 aliphatic carbocycles. The fourth-order valence-corrected chi connectivity index (χ4v) is 3.55. The summed E-state index contributed by atoms with van der Waals surface area (Å²) in [6.07, 6.45) is 2.10. The van der Waals surface area contributed by atoms with Gasteiger partial charge in [0, 0.05) is 24.9 Å². The van der Waals surface area contributed by atoms with Crippen molar-refractivity contribution in [1.29, 1.82) is 0 Å². The van der Waals surface area contributed by atoms with E-state index in [1.54, 1.807) is 19.4 Å². The maximum absolute atomic E-state index is 13.0. The summed E-state index contributed by atoms with van der Waals surface area (Å²) >= 11 is 0. The highest BCUT2D eigenvalue weighted by molar-refractivity contribution is 6.03. The van der Waals surface area contributed by atoms with E-state index in [0.717, 1.165) is 10.9 Å². The van der Waals surface area contributed by atoms with Crippen LogP contribution >= 0.6 is 0 Å². The SMILES string of the molecule is CN1C(=O)C(NC(=O)c2nnc(Cc3ccccc3)[nH]2)COc2cc3occc3cc21. The summed E-state index contributed by atoms with van der Waals surface area (Å²) in [7, 11) is 1.65. The van der Waals surface area contributed by atoms with E-state index in [4.69, 9.17) is 9.15 Å². The second-order valence-electron chi connectivity index (χ2n) is 7.30. The number of nitrogens with zero attached hydrogens (tertiary/aromatic N) is 3. The molecule has 9 nitrogen and oxygen atoms in total. The van der Waals surface area contributed by atoms with Gasteiger partial charge in [0.25, 0.3) is 11.8 Å². The largest absolute Gasteiger partial charge is 0.489 e. The van der Waals surface area contributed by atoms with E-state index in [1.165, 1.54) is 4.90 Å². The van der Waals surface area contributed by atoms with Crippen molar-refractivity contribution in [2.24, 2.45) is 0 Å². The van der Waals surface area contributed by atoms with E-state index in [-0.39, 0.29) is 18.3 Å². The van der Waals surface area contributed by atoms with Gasteiger partial charge in [-0.05, 0) is 17.7 Å². The number of aromatic amines is 1. The van der Waals surface area contributed by atoms with Crippen LogP contribution in [-0.4, -0.2) is 46.7 Å². The lowest BCUT2D eigenvalue weighted by Gasteiger charge is -2.20. The summed E-state index contributed by atoms with van der Waals surface area (Å²) < 4.78 is 11.2. The van der Waals surface area contributed by atoms with Gasteiger partial charge >= 0.3 is 0 Å². The van der Waals surface area contributed by atoms with Crippen LogP contribution in [0.5, 0.6) is 5.75 Å². The molecule has 0 spiro atoms.